The van der Waals surface area contributed by atoms with Crippen molar-refractivity contribution in [1.82, 2.24) is 5.32 Å². The Morgan fingerprint density at radius 1 is 1.17 bits per heavy atom. The second-order valence-corrected chi connectivity index (χ2v) is 4.99. The van der Waals surface area contributed by atoms with Crippen molar-refractivity contribution in [2.75, 3.05) is 13.7 Å². The van der Waals surface area contributed by atoms with E-state index in [1.165, 1.54) is 0 Å². The zero-order valence-corrected chi connectivity index (χ0v) is 13.5. The molecule has 5 nitrogen and oxygen atoms in total. The van der Waals surface area contributed by atoms with Crippen molar-refractivity contribution >= 4 is 11.9 Å². The van der Waals surface area contributed by atoms with Crippen LogP contribution < -0.4 is 14.8 Å². The number of allylic oxidation sites excluding steroid dienone is 1. The molecule has 2 aromatic carbocycles. The van der Waals surface area contributed by atoms with E-state index in [1.807, 2.05) is 6.07 Å². The molecule has 2 aromatic rings. The van der Waals surface area contributed by atoms with Gasteiger partial charge >= 0.3 is 5.97 Å². The summed E-state index contributed by atoms with van der Waals surface area (Å²) in [5, 5.41) is 2.53. The van der Waals surface area contributed by atoms with Crippen LogP contribution in [0.15, 0.2) is 61.2 Å². The number of rotatable bonds is 7. The molecular weight excluding hydrogens is 306 g/mol. The fourth-order valence-corrected chi connectivity index (χ4v) is 2.10. The molecule has 0 aromatic heterocycles. The standard InChI is InChI=1S/C19H19NO4/c1-3-7-15-12-16(23-2)10-11-17(15)24-18(21)13-20-19(22)14-8-5-4-6-9-14/h3-6,8-12H,1,7,13H2,2H3,(H,20,22). The summed E-state index contributed by atoms with van der Waals surface area (Å²) >= 11 is 0. The Balaban J connectivity index is 1.97. The zero-order chi connectivity index (χ0) is 17.4. The maximum atomic E-state index is 12.0. The molecule has 0 aliphatic heterocycles. The summed E-state index contributed by atoms with van der Waals surface area (Å²) in [4.78, 5) is 23.9. The van der Waals surface area contributed by atoms with Crippen LogP contribution in [0, 0.1) is 0 Å². The molecule has 1 N–H and O–H groups in total. The molecule has 0 aliphatic rings. The predicted octanol–water partition coefficient (Wildman–Crippen LogP) is 2.76. The summed E-state index contributed by atoms with van der Waals surface area (Å²) < 4.78 is 10.5. The zero-order valence-electron chi connectivity index (χ0n) is 13.5. The van der Waals surface area contributed by atoms with Crippen molar-refractivity contribution in [3.63, 3.8) is 0 Å². The molecule has 0 saturated carbocycles. The van der Waals surface area contributed by atoms with Gasteiger partial charge in [0.15, 0.2) is 0 Å². The van der Waals surface area contributed by atoms with E-state index >= 15 is 0 Å². The molecule has 2 rings (SSSR count). The number of hydrogen-bond donors (Lipinski definition) is 1. The third-order valence-electron chi connectivity index (χ3n) is 3.28. The molecule has 0 bridgehead atoms. The minimum Gasteiger partial charge on any atom is -0.497 e. The first-order valence-electron chi connectivity index (χ1n) is 7.45. The van der Waals surface area contributed by atoms with E-state index < -0.39 is 5.97 Å². The lowest BCUT2D eigenvalue weighted by Crippen LogP contribution is -2.32. The number of carbonyl (C=O) groups excluding carboxylic acids is 2. The molecular formula is C19H19NO4. The molecule has 0 saturated heterocycles. The number of methoxy groups -OCH3 is 1. The lowest BCUT2D eigenvalue weighted by Gasteiger charge is -2.11. The quantitative estimate of drug-likeness (QED) is 0.483. The van der Waals surface area contributed by atoms with Crippen LogP contribution in [0.1, 0.15) is 15.9 Å². The van der Waals surface area contributed by atoms with Gasteiger partial charge in [0, 0.05) is 11.1 Å². The molecule has 24 heavy (non-hydrogen) atoms. The minimum absolute atomic E-state index is 0.215. The maximum absolute atomic E-state index is 12.0. The number of ether oxygens (including phenoxy) is 2. The number of benzene rings is 2. The van der Waals surface area contributed by atoms with E-state index in [4.69, 9.17) is 9.47 Å². The highest BCUT2D eigenvalue weighted by Crippen LogP contribution is 2.25. The van der Waals surface area contributed by atoms with E-state index in [2.05, 4.69) is 11.9 Å². The van der Waals surface area contributed by atoms with Gasteiger partial charge in [-0.1, -0.05) is 24.3 Å². The van der Waals surface area contributed by atoms with E-state index in [-0.39, 0.29) is 12.5 Å². The second kappa shape index (κ2) is 8.53. The second-order valence-electron chi connectivity index (χ2n) is 4.99. The van der Waals surface area contributed by atoms with Crippen molar-refractivity contribution in [2.24, 2.45) is 0 Å². The highest BCUT2D eigenvalue weighted by atomic mass is 16.5. The number of nitrogens with one attached hydrogen (secondary N) is 1. The van der Waals surface area contributed by atoms with Crippen molar-refractivity contribution in [1.29, 1.82) is 0 Å². The van der Waals surface area contributed by atoms with Crippen LogP contribution in [0.2, 0.25) is 0 Å². The first-order valence-corrected chi connectivity index (χ1v) is 7.45. The van der Waals surface area contributed by atoms with E-state index in [9.17, 15) is 9.59 Å². The van der Waals surface area contributed by atoms with Crippen LogP contribution in [-0.4, -0.2) is 25.5 Å². The first kappa shape index (κ1) is 17.3. The summed E-state index contributed by atoms with van der Waals surface area (Å²) in [7, 11) is 1.57. The van der Waals surface area contributed by atoms with Gasteiger partial charge in [-0.05, 0) is 36.8 Å². The largest absolute Gasteiger partial charge is 0.497 e. The first-order chi connectivity index (χ1) is 11.6. The van der Waals surface area contributed by atoms with Crippen LogP contribution >= 0.6 is 0 Å². The van der Waals surface area contributed by atoms with Gasteiger partial charge in [0.05, 0.1) is 7.11 Å². The fourth-order valence-electron chi connectivity index (χ4n) is 2.10. The number of esters is 1. The van der Waals surface area contributed by atoms with Crippen LogP contribution in [0.5, 0.6) is 11.5 Å². The lowest BCUT2D eigenvalue weighted by molar-refractivity contribution is -0.133. The molecule has 0 unspecified atom stereocenters. The Kier molecular flexibility index (Phi) is 6.14. The molecule has 0 spiro atoms. The number of amides is 1. The highest BCUT2D eigenvalue weighted by Gasteiger charge is 2.12. The summed E-state index contributed by atoms with van der Waals surface area (Å²) in [6, 6.07) is 13.8. The van der Waals surface area contributed by atoms with Crippen LogP contribution in [0.3, 0.4) is 0 Å². The summed E-state index contributed by atoms with van der Waals surface area (Å²) in [5.41, 5.74) is 1.27. The SMILES string of the molecule is C=CCc1cc(OC)ccc1OC(=O)CNC(=O)c1ccccc1. The Morgan fingerprint density at radius 2 is 1.92 bits per heavy atom. The molecule has 0 radical (unpaired) electrons. The molecule has 0 aliphatic carbocycles. The van der Waals surface area contributed by atoms with E-state index in [1.54, 1.807) is 55.7 Å². The summed E-state index contributed by atoms with van der Waals surface area (Å²) in [5.74, 6) is 0.224. The van der Waals surface area contributed by atoms with E-state index in [0.717, 1.165) is 5.56 Å². The Bertz CT molecular complexity index is 725. The monoisotopic (exact) mass is 325 g/mol. The Labute approximate surface area is 140 Å². The average Bonchev–Trinajstić information content (AvgIpc) is 2.62. The highest BCUT2D eigenvalue weighted by molar-refractivity contribution is 5.96. The molecule has 124 valence electrons. The van der Waals surface area contributed by atoms with Crippen LogP contribution in [0.4, 0.5) is 0 Å². The molecule has 0 atom stereocenters. The Morgan fingerprint density at radius 3 is 2.58 bits per heavy atom. The summed E-state index contributed by atoms with van der Waals surface area (Å²) in [6.07, 6.45) is 2.25. The van der Waals surface area contributed by atoms with Crippen molar-refractivity contribution < 1.29 is 19.1 Å². The van der Waals surface area contributed by atoms with Crippen molar-refractivity contribution in [3.8, 4) is 11.5 Å². The third kappa shape index (κ3) is 4.71. The van der Waals surface area contributed by atoms with Crippen molar-refractivity contribution in [2.45, 2.75) is 6.42 Å². The third-order valence-corrected chi connectivity index (χ3v) is 3.28. The molecule has 0 fully saturated rings. The summed E-state index contributed by atoms with van der Waals surface area (Å²) in [6.45, 7) is 3.47. The smallest absolute Gasteiger partial charge is 0.330 e. The van der Waals surface area contributed by atoms with Crippen LogP contribution in [0.25, 0.3) is 0 Å². The maximum Gasteiger partial charge on any atom is 0.330 e. The molecule has 5 heteroatoms. The normalized spacial score (nSPS) is 9.88. The van der Waals surface area contributed by atoms with Gasteiger partial charge in [0.25, 0.3) is 5.91 Å². The van der Waals surface area contributed by atoms with E-state index in [0.29, 0.717) is 23.5 Å². The number of carbonyl (C=O) groups is 2. The van der Waals surface area contributed by atoms with Gasteiger partial charge < -0.3 is 14.8 Å². The average molecular weight is 325 g/mol. The number of hydrogen-bond acceptors (Lipinski definition) is 4. The van der Waals surface area contributed by atoms with Gasteiger partial charge in [-0.2, -0.15) is 0 Å². The minimum atomic E-state index is -0.547. The predicted molar refractivity (Wildman–Crippen MR) is 91.3 cm³/mol. The Hall–Kier alpha value is -3.08. The van der Waals surface area contributed by atoms with Gasteiger partial charge in [-0.3, -0.25) is 4.79 Å². The van der Waals surface area contributed by atoms with Crippen LogP contribution in [-0.2, 0) is 11.2 Å². The molecule has 1 amide bonds. The topological polar surface area (TPSA) is 64.6 Å². The van der Waals surface area contributed by atoms with Gasteiger partial charge in [-0.15, -0.1) is 6.58 Å². The fraction of sp³-hybridized carbons (Fsp3) is 0.158. The lowest BCUT2D eigenvalue weighted by atomic mass is 10.1. The van der Waals surface area contributed by atoms with Crippen molar-refractivity contribution in [3.05, 3.63) is 72.3 Å². The van der Waals surface area contributed by atoms with Gasteiger partial charge in [0.2, 0.25) is 0 Å². The molecule has 0 heterocycles. The van der Waals surface area contributed by atoms with Gasteiger partial charge in [-0.25, -0.2) is 4.79 Å². The van der Waals surface area contributed by atoms with Gasteiger partial charge in [0.1, 0.15) is 18.0 Å².